The minimum atomic E-state index is 0.195. The summed E-state index contributed by atoms with van der Waals surface area (Å²) in [7, 11) is 4.04. The van der Waals surface area contributed by atoms with Gasteiger partial charge >= 0.3 is 0 Å². The van der Waals surface area contributed by atoms with E-state index in [0.29, 0.717) is 13.0 Å². The number of nitrogens with zero attached hydrogens (tertiary/aromatic N) is 1. The average molecular weight is 209 g/mol. The molecule has 0 aliphatic heterocycles. The quantitative estimate of drug-likeness (QED) is 0.763. The van der Waals surface area contributed by atoms with E-state index in [1.54, 1.807) is 0 Å². The number of benzene rings is 1. The molecule has 3 nitrogen and oxygen atoms in total. The summed E-state index contributed by atoms with van der Waals surface area (Å²) in [5.74, 6) is 0.888. The molecule has 0 aliphatic carbocycles. The van der Waals surface area contributed by atoms with Gasteiger partial charge in [-0.25, -0.2) is 0 Å². The fraction of sp³-hybridized carbons (Fsp3) is 0.500. The smallest absolute Gasteiger partial charge is 0.119 e. The van der Waals surface area contributed by atoms with Crippen LogP contribution in [0, 0.1) is 0 Å². The standard InChI is InChI=1S/C12H19NO2/c1-13(2)8-10-15-12-5-3-11(4-6-12)7-9-14/h3-6,14H,7-10H2,1-2H3. The predicted molar refractivity (Wildman–Crippen MR) is 61.3 cm³/mol. The number of rotatable bonds is 6. The van der Waals surface area contributed by atoms with Crippen LogP contribution in [-0.4, -0.2) is 43.9 Å². The number of aliphatic hydroxyl groups is 1. The molecule has 1 N–H and O–H groups in total. The molecular formula is C12H19NO2. The minimum Gasteiger partial charge on any atom is -0.492 e. The molecule has 1 aromatic rings. The number of likely N-dealkylation sites (N-methyl/N-ethyl adjacent to an activating group) is 1. The molecule has 15 heavy (non-hydrogen) atoms. The summed E-state index contributed by atoms with van der Waals surface area (Å²) in [5, 5.41) is 8.75. The summed E-state index contributed by atoms with van der Waals surface area (Å²) in [6.07, 6.45) is 0.706. The highest BCUT2D eigenvalue weighted by atomic mass is 16.5. The highest BCUT2D eigenvalue weighted by Gasteiger charge is 1.96. The van der Waals surface area contributed by atoms with Crippen molar-refractivity contribution in [2.75, 3.05) is 33.9 Å². The maximum atomic E-state index is 8.75. The van der Waals surface area contributed by atoms with Crippen molar-refractivity contribution < 1.29 is 9.84 Å². The van der Waals surface area contributed by atoms with Gasteiger partial charge in [0, 0.05) is 13.2 Å². The lowest BCUT2D eigenvalue weighted by Crippen LogP contribution is -2.19. The van der Waals surface area contributed by atoms with Crippen LogP contribution in [0.5, 0.6) is 5.75 Å². The maximum absolute atomic E-state index is 8.75. The van der Waals surface area contributed by atoms with Crippen LogP contribution in [0.25, 0.3) is 0 Å². The molecule has 0 radical (unpaired) electrons. The summed E-state index contributed by atoms with van der Waals surface area (Å²) >= 11 is 0. The Bertz CT molecular complexity index is 269. The van der Waals surface area contributed by atoms with E-state index in [0.717, 1.165) is 17.9 Å². The van der Waals surface area contributed by atoms with Crippen LogP contribution in [-0.2, 0) is 6.42 Å². The Kier molecular flexibility index (Phi) is 5.15. The van der Waals surface area contributed by atoms with Crippen LogP contribution < -0.4 is 4.74 Å². The Morgan fingerprint density at radius 3 is 2.40 bits per heavy atom. The van der Waals surface area contributed by atoms with Crippen LogP contribution in [0.2, 0.25) is 0 Å². The monoisotopic (exact) mass is 209 g/mol. The van der Waals surface area contributed by atoms with Crippen molar-refractivity contribution in [1.82, 2.24) is 4.90 Å². The Morgan fingerprint density at radius 2 is 1.87 bits per heavy atom. The molecule has 1 rings (SSSR count). The molecule has 1 aromatic carbocycles. The molecule has 0 fully saturated rings. The number of aliphatic hydroxyl groups excluding tert-OH is 1. The molecule has 0 atom stereocenters. The van der Waals surface area contributed by atoms with Gasteiger partial charge in [-0.2, -0.15) is 0 Å². The van der Waals surface area contributed by atoms with E-state index < -0.39 is 0 Å². The third-order valence-corrected chi connectivity index (χ3v) is 2.13. The fourth-order valence-corrected chi connectivity index (χ4v) is 1.23. The van der Waals surface area contributed by atoms with E-state index >= 15 is 0 Å². The molecule has 0 saturated heterocycles. The second kappa shape index (κ2) is 6.43. The molecule has 0 bridgehead atoms. The van der Waals surface area contributed by atoms with E-state index in [9.17, 15) is 0 Å². The molecule has 0 amide bonds. The molecule has 0 spiro atoms. The molecule has 84 valence electrons. The summed E-state index contributed by atoms with van der Waals surface area (Å²) < 4.78 is 5.55. The lowest BCUT2D eigenvalue weighted by Gasteiger charge is -2.11. The van der Waals surface area contributed by atoms with Crippen LogP contribution in [0.15, 0.2) is 24.3 Å². The molecule has 0 aromatic heterocycles. The molecule has 0 aliphatic rings. The largest absolute Gasteiger partial charge is 0.492 e. The van der Waals surface area contributed by atoms with Crippen LogP contribution in [0.3, 0.4) is 0 Å². The van der Waals surface area contributed by atoms with Gasteiger partial charge in [0.1, 0.15) is 12.4 Å². The van der Waals surface area contributed by atoms with Crippen LogP contribution in [0.4, 0.5) is 0 Å². The van der Waals surface area contributed by atoms with Gasteiger partial charge in [0.05, 0.1) is 0 Å². The summed E-state index contributed by atoms with van der Waals surface area (Å²) in [5.41, 5.74) is 1.14. The van der Waals surface area contributed by atoms with Gasteiger partial charge in [0.15, 0.2) is 0 Å². The van der Waals surface area contributed by atoms with E-state index in [2.05, 4.69) is 4.90 Å². The Morgan fingerprint density at radius 1 is 1.20 bits per heavy atom. The molecule has 3 heteroatoms. The van der Waals surface area contributed by atoms with Gasteiger partial charge in [-0.15, -0.1) is 0 Å². The van der Waals surface area contributed by atoms with E-state index in [4.69, 9.17) is 9.84 Å². The lowest BCUT2D eigenvalue weighted by atomic mass is 10.1. The predicted octanol–water partition coefficient (Wildman–Crippen LogP) is 1.16. The van der Waals surface area contributed by atoms with Crippen molar-refractivity contribution in [2.45, 2.75) is 6.42 Å². The fourth-order valence-electron chi connectivity index (χ4n) is 1.23. The van der Waals surface area contributed by atoms with E-state index in [-0.39, 0.29) is 6.61 Å². The summed E-state index contributed by atoms with van der Waals surface area (Å²) in [4.78, 5) is 2.08. The second-order valence-corrected chi connectivity index (χ2v) is 3.77. The molecule has 0 heterocycles. The number of hydrogen-bond acceptors (Lipinski definition) is 3. The topological polar surface area (TPSA) is 32.7 Å². The first-order valence-corrected chi connectivity index (χ1v) is 5.19. The van der Waals surface area contributed by atoms with Gasteiger partial charge in [0.2, 0.25) is 0 Å². The van der Waals surface area contributed by atoms with Crippen molar-refractivity contribution in [2.24, 2.45) is 0 Å². The van der Waals surface area contributed by atoms with Crippen molar-refractivity contribution in [3.63, 3.8) is 0 Å². The summed E-state index contributed by atoms with van der Waals surface area (Å²) in [6, 6.07) is 7.86. The first-order valence-electron chi connectivity index (χ1n) is 5.19. The van der Waals surface area contributed by atoms with Gasteiger partial charge in [-0.3, -0.25) is 0 Å². The van der Waals surface area contributed by atoms with Gasteiger partial charge in [-0.1, -0.05) is 12.1 Å². The highest BCUT2D eigenvalue weighted by molar-refractivity contribution is 5.27. The first kappa shape index (κ1) is 12.0. The van der Waals surface area contributed by atoms with E-state index in [1.807, 2.05) is 38.4 Å². The SMILES string of the molecule is CN(C)CCOc1ccc(CCO)cc1. The highest BCUT2D eigenvalue weighted by Crippen LogP contribution is 2.12. The van der Waals surface area contributed by atoms with Gasteiger partial charge in [-0.05, 0) is 38.2 Å². The Balaban J connectivity index is 2.36. The van der Waals surface area contributed by atoms with E-state index in [1.165, 1.54) is 0 Å². The second-order valence-electron chi connectivity index (χ2n) is 3.77. The van der Waals surface area contributed by atoms with Crippen molar-refractivity contribution >= 4 is 0 Å². The van der Waals surface area contributed by atoms with Crippen molar-refractivity contribution in [3.8, 4) is 5.75 Å². The van der Waals surface area contributed by atoms with Gasteiger partial charge in [0.25, 0.3) is 0 Å². The van der Waals surface area contributed by atoms with Crippen molar-refractivity contribution in [3.05, 3.63) is 29.8 Å². The normalized spacial score (nSPS) is 10.7. The first-order chi connectivity index (χ1) is 7.22. The average Bonchev–Trinajstić information content (AvgIpc) is 2.20. The van der Waals surface area contributed by atoms with Crippen LogP contribution in [0.1, 0.15) is 5.56 Å². The Hall–Kier alpha value is -1.06. The van der Waals surface area contributed by atoms with Gasteiger partial charge < -0.3 is 14.7 Å². The Labute approximate surface area is 91.3 Å². The lowest BCUT2D eigenvalue weighted by molar-refractivity contribution is 0.261. The molecular weight excluding hydrogens is 190 g/mol. The zero-order valence-electron chi connectivity index (χ0n) is 9.44. The molecule has 0 saturated carbocycles. The summed E-state index contributed by atoms with van der Waals surface area (Å²) in [6.45, 7) is 1.81. The zero-order valence-corrected chi connectivity index (χ0v) is 9.44. The maximum Gasteiger partial charge on any atom is 0.119 e. The third kappa shape index (κ3) is 4.81. The van der Waals surface area contributed by atoms with Crippen LogP contribution >= 0.6 is 0 Å². The van der Waals surface area contributed by atoms with Crippen molar-refractivity contribution in [1.29, 1.82) is 0 Å². The third-order valence-electron chi connectivity index (χ3n) is 2.13. The number of ether oxygens (including phenoxy) is 1. The zero-order chi connectivity index (χ0) is 11.1. The minimum absolute atomic E-state index is 0.195. The number of hydrogen-bond donors (Lipinski definition) is 1. The molecule has 0 unspecified atom stereocenters.